The SMILES string of the molecule is Cn1ncc(C(=O)N2CCOCC2)c1C(=O)Cc1ccn2nc(-c3cccc(OCCF)c3)nc2c1. The van der Waals surface area contributed by atoms with Gasteiger partial charge in [-0.3, -0.25) is 14.3 Å². The number of fused-ring (bicyclic) bond motifs is 1. The summed E-state index contributed by atoms with van der Waals surface area (Å²) >= 11 is 0. The van der Waals surface area contributed by atoms with Gasteiger partial charge in [-0.05, 0) is 29.8 Å². The predicted molar refractivity (Wildman–Crippen MR) is 128 cm³/mol. The number of amides is 1. The molecule has 4 heterocycles. The van der Waals surface area contributed by atoms with E-state index in [0.717, 1.165) is 11.1 Å². The zero-order valence-corrected chi connectivity index (χ0v) is 19.8. The Morgan fingerprint density at radius 2 is 2.00 bits per heavy atom. The van der Waals surface area contributed by atoms with Gasteiger partial charge in [-0.1, -0.05) is 12.1 Å². The number of Topliss-reactive ketones (excluding diaryl/α,β-unsaturated/α-hetero) is 1. The lowest BCUT2D eigenvalue weighted by Crippen LogP contribution is -2.41. The maximum Gasteiger partial charge on any atom is 0.257 e. The van der Waals surface area contributed by atoms with E-state index in [1.807, 2.05) is 6.07 Å². The van der Waals surface area contributed by atoms with E-state index in [1.54, 1.807) is 53.0 Å². The lowest BCUT2D eigenvalue weighted by Gasteiger charge is -2.26. The van der Waals surface area contributed by atoms with Gasteiger partial charge in [-0.2, -0.15) is 5.10 Å². The first kappa shape index (κ1) is 23.6. The van der Waals surface area contributed by atoms with Crippen molar-refractivity contribution in [3.63, 3.8) is 0 Å². The van der Waals surface area contributed by atoms with Crippen LogP contribution in [0.15, 0.2) is 48.8 Å². The summed E-state index contributed by atoms with van der Waals surface area (Å²) in [6.07, 6.45) is 3.26. The van der Waals surface area contributed by atoms with Crippen LogP contribution in [-0.4, -0.2) is 80.6 Å². The van der Waals surface area contributed by atoms with Crippen molar-refractivity contribution >= 4 is 17.3 Å². The molecule has 0 radical (unpaired) electrons. The summed E-state index contributed by atoms with van der Waals surface area (Å²) in [7, 11) is 1.66. The molecular weight excluding hydrogens is 467 g/mol. The summed E-state index contributed by atoms with van der Waals surface area (Å²) in [5.74, 6) is 0.585. The fourth-order valence-electron chi connectivity index (χ4n) is 4.17. The summed E-state index contributed by atoms with van der Waals surface area (Å²) in [4.78, 5) is 32.5. The van der Waals surface area contributed by atoms with Crippen LogP contribution in [0.4, 0.5) is 4.39 Å². The van der Waals surface area contributed by atoms with Crippen molar-refractivity contribution in [2.75, 3.05) is 39.6 Å². The molecular formula is C25H25FN6O4. The Balaban J connectivity index is 1.36. The Labute approximate surface area is 206 Å². The van der Waals surface area contributed by atoms with Crippen molar-refractivity contribution < 1.29 is 23.5 Å². The van der Waals surface area contributed by atoms with E-state index in [9.17, 15) is 14.0 Å². The van der Waals surface area contributed by atoms with Crippen molar-refractivity contribution in [2.24, 2.45) is 7.05 Å². The van der Waals surface area contributed by atoms with E-state index < -0.39 is 6.67 Å². The minimum atomic E-state index is -0.569. The average Bonchev–Trinajstić information content (AvgIpc) is 3.51. The second-order valence-electron chi connectivity index (χ2n) is 8.37. The number of aryl methyl sites for hydroxylation is 1. The standard InChI is InChI=1S/C25H25FN6O4/c1-30-23(20(16-27-30)25(34)31-8-11-35-12-9-31)21(33)13-17-5-7-32-22(14-17)28-24(29-32)18-3-2-4-19(15-18)36-10-6-26/h2-5,7,14-16H,6,8-13H2,1H3. The Morgan fingerprint density at radius 3 is 2.81 bits per heavy atom. The molecule has 186 valence electrons. The number of carbonyl (C=O) groups excluding carboxylic acids is 2. The Morgan fingerprint density at radius 1 is 1.17 bits per heavy atom. The molecule has 11 heteroatoms. The molecule has 0 N–H and O–H groups in total. The molecule has 0 aliphatic carbocycles. The molecule has 1 aliphatic heterocycles. The van der Waals surface area contributed by atoms with E-state index in [0.29, 0.717) is 49.1 Å². The summed E-state index contributed by atoms with van der Waals surface area (Å²) in [6.45, 7) is 1.33. The van der Waals surface area contributed by atoms with Gasteiger partial charge >= 0.3 is 0 Å². The normalized spacial score (nSPS) is 13.8. The number of morpholine rings is 1. The summed E-state index contributed by atoms with van der Waals surface area (Å²) in [6, 6.07) is 10.7. The van der Waals surface area contributed by atoms with Crippen molar-refractivity contribution in [3.05, 3.63) is 65.6 Å². The quantitative estimate of drug-likeness (QED) is 0.348. The third-order valence-corrected chi connectivity index (χ3v) is 5.94. The van der Waals surface area contributed by atoms with Gasteiger partial charge in [0.2, 0.25) is 0 Å². The molecule has 0 atom stereocenters. The lowest BCUT2D eigenvalue weighted by atomic mass is 10.0. The largest absolute Gasteiger partial charge is 0.491 e. The molecule has 1 saturated heterocycles. The first-order chi connectivity index (χ1) is 17.5. The van der Waals surface area contributed by atoms with Crippen LogP contribution in [0, 0.1) is 0 Å². The van der Waals surface area contributed by atoms with Crippen LogP contribution in [0.3, 0.4) is 0 Å². The number of hydrogen-bond acceptors (Lipinski definition) is 7. The Kier molecular flexibility index (Phi) is 6.72. The van der Waals surface area contributed by atoms with Crippen LogP contribution in [0.1, 0.15) is 26.4 Å². The molecule has 1 aliphatic rings. The predicted octanol–water partition coefficient (Wildman–Crippen LogP) is 2.38. The summed E-state index contributed by atoms with van der Waals surface area (Å²) < 4.78 is 26.2. The molecule has 1 aromatic carbocycles. The second kappa shape index (κ2) is 10.2. The van der Waals surface area contributed by atoms with E-state index >= 15 is 0 Å². The topological polar surface area (TPSA) is 104 Å². The zero-order valence-electron chi connectivity index (χ0n) is 19.8. The van der Waals surface area contributed by atoms with Crippen LogP contribution in [0.2, 0.25) is 0 Å². The second-order valence-corrected chi connectivity index (χ2v) is 8.37. The van der Waals surface area contributed by atoms with Gasteiger partial charge in [-0.25, -0.2) is 13.9 Å². The number of hydrogen-bond donors (Lipinski definition) is 0. The monoisotopic (exact) mass is 492 g/mol. The molecule has 4 aromatic rings. The van der Waals surface area contributed by atoms with Crippen LogP contribution in [-0.2, 0) is 18.2 Å². The van der Waals surface area contributed by atoms with Gasteiger partial charge in [0, 0.05) is 38.3 Å². The van der Waals surface area contributed by atoms with E-state index in [4.69, 9.17) is 9.47 Å². The first-order valence-corrected chi connectivity index (χ1v) is 11.6. The number of ether oxygens (including phenoxy) is 2. The summed E-state index contributed by atoms with van der Waals surface area (Å²) in [5.41, 5.74) is 2.61. The van der Waals surface area contributed by atoms with Crippen LogP contribution >= 0.6 is 0 Å². The van der Waals surface area contributed by atoms with Crippen molar-refractivity contribution in [3.8, 4) is 17.1 Å². The van der Waals surface area contributed by atoms with Crippen molar-refractivity contribution in [2.45, 2.75) is 6.42 Å². The van der Waals surface area contributed by atoms with Gasteiger partial charge in [0.1, 0.15) is 24.7 Å². The zero-order chi connectivity index (χ0) is 25.1. The molecule has 3 aromatic heterocycles. The highest BCUT2D eigenvalue weighted by molar-refractivity contribution is 6.07. The molecule has 0 spiro atoms. The molecule has 36 heavy (non-hydrogen) atoms. The first-order valence-electron chi connectivity index (χ1n) is 11.6. The molecule has 5 rings (SSSR count). The number of alkyl halides is 1. The van der Waals surface area contributed by atoms with E-state index in [1.165, 1.54) is 10.9 Å². The highest BCUT2D eigenvalue weighted by atomic mass is 19.1. The Hall–Kier alpha value is -4.12. The van der Waals surface area contributed by atoms with Gasteiger partial charge in [0.15, 0.2) is 17.3 Å². The average molecular weight is 493 g/mol. The molecule has 1 fully saturated rings. The highest BCUT2D eigenvalue weighted by Crippen LogP contribution is 2.23. The summed E-state index contributed by atoms with van der Waals surface area (Å²) in [5, 5.41) is 8.66. The number of ketones is 1. The maximum atomic E-state index is 13.3. The fourth-order valence-corrected chi connectivity index (χ4v) is 4.17. The van der Waals surface area contributed by atoms with Crippen LogP contribution < -0.4 is 4.74 Å². The molecule has 0 saturated carbocycles. The molecule has 0 unspecified atom stereocenters. The van der Waals surface area contributed by atoms with Crippen molar-refractivity contribution in [1.29, 1.82) is 0 Å². The van der Waals surface area contributed by atoms with Gasteiger partial charge in [0.05, 0.1) is 25.0 Å². The minimum Gasteiger partial charge on any atom is -0.491 e. The fraction of sp³-hybridized carbons (Fsp3) is 0.320. The number of halogens is 1. The van der Waals surface area contributed by atoms with Gasteiger partial charge in [-0.15, -0.1) is 5.10 Å². The van der Waals surface area contributed by atoms with Crippen molar-refractivity contribution in [1.82, 2.24) is 29.3 Å². The number of aromatic nitrogens is 5. The number of pyridine rings is 1. The van der Waals surface area contributed by atoms with Crippen LogP contribution in [0.25, 0.3) is 17.0 Å². The third kappa shape index (κ3) is 4.82. The Bertz CT molecular complexity index is 1410. The highest BCUT2D eigenvalue weighted by Gasteiger charge is 2.27. The molecule has 1 amide bonds. The number of benzene rings is 1. The molecule has 0 bridgehead atoms. The minimum absolute atomic E-state index is 0.0180. The van der Waals surface area contributed by atoms with E-state index in [-0.39, 0.29) is 30.4 Å². The van der Waals surface area contributed by atoms with E-state index in [2.05, 4.69) is 15.2 Å². The third-order valence-electron chi connectivity index (χ3n) is 5.94. The van der Waals surface area contributed by atoms with Crippen LogP contribution in [0.5, 0.6) is 5.75 Å². The maximum absolute atomic E-state index is 13.3. The lowest BCUT2D eigenvalue weighted by molar-refractivity contribution is 0.0301. The number of nitrogens with zero attached hydrogens (tertiary/aromatic N) is 6. The number of rotatable bonds is 8. The number of carbonyl (C=O) groups is 2. The molecule has 10 nitrogen and oxygen atoms in total. The van der Waals surface area contributed by atoms with Gasteiger partial charge < -0.3 is 14.4 Å². The smallest absolute Gasteiger partial charge is 0.257 e. The van der Waals surface area contributed by atoms with Gasteiger partial charge in [0.25, 0.3) is 5.91 Å².